The lowest BCUT2D eigenvalue weighted by Gasteiger charge is -2.34. The third-order valence-corrected chi connectivity index (χ3v) is 15.4. The van der Waals surface area contributed by atoms with Crippen LogP contribution in [0.5, 0.6) is 11.5 Å². The quantitative estimate of drug-likeness (QED) is 0.190. The molecule has 228 valence electrons. The number of ether oxygens (including phenoxy) is 4. The molecule has 1 fully saturated rings. The average molecular weight is 645 g/mol. The van der Waals surface area contributed by atoms with Crippen molar-refractivity contribution in [1.29, 1.82) is 0 Å². The van der Waals surface area contributed by atoms with E-state index in [9.17, 15) is 0 Å². The van der Waals surface area contributed by atoms with Crippen LogP contribution in [0.4, 0.5) is 0 Å². The summed E-state index contributed by atoms with van der Waals surface area (Å²) >= 11 is 0. The van der Waals surface area contributed by atoms with Crippen LogP contribution in [0.15, 0.2) is 151 Å². The third kappa shape index (κ3) is 4.47. The topological polar surface area (TPSA) is 71.1 Å². The smallest absolute Gasteiger partial charge is 0.231 e. The molecule has 0 bridgehead atoms. The summed E-state index contributed by atoms with van der Waals surface area (Å²) in [5, 5.41) is 3.35. The summed E-state index contributed by atoms with van der Waals surface area (Å²) in [7, 11) is -6.98. The van der Waals surface area contributed by atoms with Crippen LogP contribution in [0.2, 0.25) is 0 Å². The molecule has 6 nitrogen and oxygen atoms in total. The van der Waals surface area contributed by atoms with E-state index in [2.05, 4.69) is 0 Å². The summed E-state index contributed by atoms with van der Waals surface area (Å²) in [5.41, 5.74) is 0.636. The van der Waals surface area contributed by atoms with Gasteiger partial charge >= 0.3 is 0 Å². The highest BCUT2D eigenvalue weighted by Crippen LogP contribution is 2.61. The number of hydrogen-bond acceptors (Lipinski definition) is 6. The minimum atomic E-state index is -3.55. The van der Waals surface area contributed by atoms with E-state index in [1.807, 2.05) is 140 Å². The molecule has 2 heterocycles. The Morgan fingerprint density at radius 3 is 1.63 bits per heavy atom. The van der Waals surface area contributed by atoms with Gasteiger partial charge in [0.25, 0.3) is 0 Å². The first-order valence-corrected chi connectivity index (χ1v) is 18.6. The predicted octanol–water partition coefficient (Wildman–Crippen LogP) is 6.44. The van der Waals surface area contributed by atoms with Crippen LogP contribution in [0.3, 0.4) is 0 Å². The molecular weight excluding hydrogens is 614 g/mol. The van der Waals surface area contributed by atoms with Crippen LogP contribution >= 0.6 is 14.3 Å². The highest BCUT2D eigenvalue weighted by Gasteiger charge is 2.48. The second-order valence-corrected chi connectivity index (χ2v) is 17.0. The van der Waals surface area contributed by atoms with Crippen molar-refractivity contribution in [3.63, 3.8) is 0 Å². The van der Waals surface area contributed by atoms with Gasteiger partial charge in [0.2, 0.25) is 13.6 Å². The Kier molecular flexibility index (Phi) is 7.21. The Morgan fingerprint density at radius 2 is 1.07 bits per heavy atom. The van der Waals surface area contributed by atoms with E-state index >= 15 is 9.13 Å². The maximum atomic E-state index is 16.0. The largest absolute Gasteiger partial charge is 0.454 e. The molecule has 1 unspecified atom stereocenters. The number of hydrogen-bond donors (Lipinski definition) is 0. The zero-order valence-electron chi connectivity index (χ0n) is 24.8. The lowest BCUT2D eigenvalue weighted by atomic mass is 9.93. The number of allylic oxidation sites excluding steroid dienone is 2. The number of benzene rings is 5. The Hall–Kier alpha value is -4.76. The van der Waals surface area contributed by atoms with Crippen LogP contribution < -0.4 is 36.0 Å². The van der Waals surface area contributed by atoms with Gasteiger partial charge in [0.15, 0.2) is 37.3 Å². The second kappa shape index (κ2) is 11.6. The lowest BCUT2D eigenvalue weighted by Crippen LogP contribution is -2.32. The molecule has 0 aromatic heterocycles. The zero-order valence-corrected chi connectivity index (χ0v) is 26.6. The summed E-state index contributed by atoms with van der Waals surface area (Å²) in [6.45, 7) is 0.0320. The van der Waals surface area contributed by atoms with Gasteiger partial charge < -0.3 is 28.1 Å². The first kappa shape index (κ1) is 28.7. The van der Waals surface area contributed by atoms with Crippen molar-refractivity contribution in [2.75, 3.05) is 13.6 Å². The normalized spacial score (nSPS) is 17.1. The van der Waals surface area contributed by atoms with E-state index in [-0.39, 0.29) is 13.6 Å². The van der Waals surface area contributed by atoms with E-state index in [4.69, 9.17) is 18.9 Å². The molecule has 0 amide bonds. The molecule has 3 aliphatic rings. The van der Waals surface area contributed by atoms with Crippen molar-refractivity contribution in [3.05, 3.63) is 157 Å². The van der Waals surface area contributed by atoms with Gasteiger partial charge in [-0.3, -0.25) is 0 Å². The van der Waals surface area contributed by atoms with Gasteiger partial charge in [-0.25, -0.2) is 0 Å². The Labute approximate surface area is 267 Å². The van der Waals surface area contributed by atoms with Crippen molar-refractivity contribution in [2.45, 2.75) is 12.1 Å². The number of rotatable bonds is 7. The van der Waals surface area contributed by atoms with E-state index in [1.54, 1.807) is 0 Å². The summed E-state index contributed by atoms with van der Waals surface area (Å²) in [6.07, 6.45) is 2.37. The lowest BCUT2D eigenvalue weighted by molar-refractivity contribution is 0.0981. The SMILES string of the molecule is O=P(c1ccccc1)(c1ccccc1)c1ccc2c(c1C1=C3OCOC3=CCC1P(=O)(c1ccccc1)c1ccccc1)OCO2. The van der Waals surface area contributed by atoms with Crippen LogP contribution in [-0.2, 0) is 18.6 Å². The molecule has 1 atom stereocenters. The molecule has 5 aromatic rings. The fourth-order valence-electron chi connectivity index (χ4n) is 6.74. The predicted molar refractivity (Wildman–Crippen MR) is 182 cm³/mol. The molecule has 1 saturated heterocycles. The Balaban J connectivity index is 1.47. The molecule has 8 rings (SSSR count). The van der Waals surface area contributed by atoms with E-state index in [1.165, 1.54) is 0 Å². The van der Waals surface area contributed by atoms with Gasteiger partial charge in [-0.05, 0) is 24.6 Å². The second-order valence-electron chi connectivity index (χ2n) is 11.3. The molecule has 1 aliphatic carbocycles. The zero-order chi connectivity index (χ0) is 31.1. The molecule has 0 radical (unpaired) electrons. The molecule has 46 heavy (non-hydrogen) atoms. The third-order valence-electron chi connectivity index (χ3n) is 8.83. The molecule has 0 N–H and O–H groups in total. The maximum absolute atomic E-state index is 16.0. The highest BCUT2D eigenvalue weighted by atomic mass is 31.2. The molecule has 0 saturated carbocycles. The van der Waals surface area contributed by atoms with E-state index < -0.39 is 19.9 Å². The van der Waals surface area contributed by atoms with E-state index in [0.717, 1.165) is 10.6 Å². The Bertz CT molecular complexity index is 1990. The summed E-state index contributed by atoms with van der Waals surface area (Å²) in [4.78, 5) is 0. The Morgan fingerprint density at radius 1 is 0.543 bits per heavy atom. The van der Waals surface area contributed by atoms with Gasteiger partial charge in [0.05, 0.1) is 5.66 Å². The minimum Gasteiger partial charge on any atom is -0.454 e. The van der Waals surface area contributed by atoms with Crippen molar-refractivity contribution in [3.8, 4) is 11.5 Å². The highest BCUT2D eigenvalue weighted by molar-refractivity contribution is 7.85. The maximum Gasteiger partial charge on any atom is 0.231 e. The van der Waals surface area contributed by atoms with Crippen molar-refractivity contribution < 1.29 is 28.1 Å². The van der Waals surface area contributed by atoms with E-state index in [0.29, 0.717) is 56.5 Å². The molecule has 0 spiro atoms. The fourth-order valence-corrected chi connectivity index (χ4v) is 12.9. The first-order chi connectivity index (χ1) is 22.6. The molecule has 5 aromatic carbocycles. The van der Waals surface area contributed by atoms with Gasteiger partial charge in [-0.2, -0.15) is 0 Å². The minimum absolute atomic E-state index is 0.00905. The molecule has 2 aliphatic heterocycles. The van der Waals surface area contributed by atoms with Gasteiger partial charge in [-0.1, -0.05) is 121 Å². The fraction of sp³-hybridized carbons (Fsp3) is 0.105. The summed E-state index contributed by atoms with van der Waals surface area (Å²) in [6, 6.07) is 41.9. The number of fused-ring (bicyclic) bond motifs is 2. The van der Waals surface area contributed by atoms with Crippen LogP contribution in [0.25, 0.3) is 5.57 Å². The molecule has 8 heteroatoms. The first-order valence-electron chi connectivity index (χ1n) is 15.2. The summed E-state index contributed by atoms with van der Waals surface area (Å²) < 4.78 is 56.4. The van der Waals surface area contributed by atoms with Crippen LogP contribution in [-0.4, -0.2) is 19.2 Å². The monoisotopic (exact) mass is 644 g/mol. The van der Waals surface area contributed by atoms with Crippen molar-refractivity contribution in [2.24, 2.45) is 0 Å². The van der Waals surface area contributed by atoms with Crippen LogP contribution in [0.1, 0.15) is 12.0 Å². The van der Waals surface area contributed by atoms with Crippen molar-refractivity contribution in [1.82, 2.24) is 0 Å². The van der Waals surface area contributed by atoms with Crippen molar-refractivity contribution >= 4 is 46.4 Å². The average Bonchev–Trinajstić information content (AvgIpc) is 3.82. The van der Waals surface area contributed by atoms with Gasteiger partial charge in [-0.15, -0.1) is 0 Å². The standard InChI is InChI=1S/C38H30O6P2/c39-45(27-13-5-1-6-14-27,28-15-7-2-8-16-28)33-23-21-31-37(43-25-41-31)35(33)36-34(24-22-32-38(36)44-26-42-32)46(40,29-17-9-3-10-18-29)30-19-11-4-12-20-30/h1-23,34H,24-26H2. The molecular formula is C38H30O6P2. The van der Waals surface area contributed by atoms with Crippen LogP contribution in [0, 0.1) is 0 Å². The van der Waals surface area contributed by atoms with Gasteiger partial charge in [0, 0.05) is 37.7 Å². The van der Waals surface area contributed by atoms with Gasteiger partial charge in [0.1, 0.15) is 0 Å². The summed E-state index contributed by atoms with van der Waals surface area (Å²) in [5.74, 6) is 2.06.